The van der Waals surface area contributed by atoms with Crippen LogP contribution in [-0.4, -0.2) is 0 Å². The van der Waals surface area contributed by atoms with Gasteiger partial charge in [0.2, 0.25) is 0 Å². The van der Waals surface area contributed by atoms with Crippen LogP contribution in [0.3, 0.4) is 0 Å². The molecule has 0 nitrogen and oxygen atoms in total. The molecule has 0 spiro atoms. The Morgan fingerprint density at radius 3 is 2.69 bits per heavy atom. The normalized spacial score (nSPS) is 24.6. The Morgan fingerprint density at radius 2 is 1.94 bits per heavy atom. The van der Waals surface area contributed by atoms with E-state index in [2.05, 4.69) is 57.2 Å². The summed E-state index contributed by atoms with van der Waals surface area (Å²) in [4.78, 5) is 0. The molecule has 0 aromatic carbocycles. The molecule has 0 saturated heterocycles. The maximum atomic E-state index is 2.34. The molecule has 86 valence electrons. The van der Waals surface area contributed by atoms with E-state index < -0.39 is 0 Å². The van der Waals surface area contributed by atoms with Crippen molar-refractivity contribution in [2.24, 2.45) is 11.3 Å². The average Bonchev–Trinajstić information content (AvgIpc) is 2.41. The Morgan fingerprint density at radius 1 is 1.12 bits per heavy atom. The predicted octanol–water partition coefficient (Wildman–Crippen LogP) is 4.81. The zero-order valence-electron chi connectivity index (χ0n) is 10.7. The first-order chi connectivity index (χ1) is 7.56. The number of hydrogen-bond acceptors (Lipinski definition) is 0. The fraction of sp³-hybridized carbons (Fsp3) is 0.500. The molecule has 0 aromatic rings. The van der Waals surface area contributed by atoms with Crippen LogP contribution in [0.2, 0.25) is 0 Å². The Balaban J connectivity index is 2.22. The highest BCUT2D eigenvalue weighted by Crippen LogP contribution is 2.37. The highest BCUT2D eigenvalue weighted by atomic mass is 14.3. The van der Waals surface area contributed by atoms with Gasteiger partial charge in [-0.3, -0.25) is 0 Å². The molecule has 0 aliphatic heterocycles. The van der Waals surface area contributed by atoms with E-state index in [1.165, 1.54) is 18.4 Å². The van der Waals surface area contributed by atoms with Crippen LogP contribution in [-0.2, 0) is 0 Å². The van der Waals surface area contributed by atoms with E-state index in [0.717, 1.165) is 12.3 Å². The lowest BCUT2D eigenvalue weighted by Crippen LogP contribution is -2.17. The highest BCUT2D eigenvalue weighted by Gasteiger charge is 2.24. The summed E-state index contributed by atoms with van der Waals surface area (Å²) < 4.78 is 0. The molecule has 2 rings (SSSR count). The average molecular weight is 214 g/mol. The summed E-state index contributed by atoms with van der Waals surface area (Å²) >= 11 is 0. The Labute approximate surface area is 99.4 Å². The van der Waals surface area contributed by atoms with Crippen molar-refractivity contribution in [2.75, 3.05) is 0 Å². The van der Waals surface area contributed by atoms with Crippen molar-refractivity contribution in [3.63, 3.8) is 0 Å². The Kier molecular flexibility index (Phi) is 3.18. The van der Waals surface area contributed by atoms with E-state index in [1.54, 1.807) is 5.57 Å². The molecule has 1 atom stereocenters. The molecule has 0 radical (unpaired) electrons. The molecule has 0 saturated carbocycles. The fourth-order valence-electron chi connectivity index (χ4n) is 2.67. The van der Waals surface area contributed by atoms with Gasteiger partial charge in [-0.25, -0.2) is 0 Å². The maximum Gasteiger partial charge on any atom is -0.0124 e. The zero-order valence-corrected chi connectivity index (χ0v) is 10.7. The summed E-state index contributed by atoms with van der Waals surface area (Å²) in [5, 5.41) is 0. The van der Waals surface area contributed by atoms with Gasteiger partial charge in [0, 0.05) is 0 Å². The maximum absolute atomic E-state index is 2.34. The summed E-state index contributed by atoms with van der Waals surface area (Å²) in [5.41, 5.74) is 3.51. The molecule has 0 aromatic heterocycles. The van der Waals surface area contributed by atoms with Gasteiger partial charge in [-0.15, -0.1) is 0 Å². The highest BCUT2D eigenvalue weighted by molar-refractivity contribution is 5.43. The summed E-state index contributed by atoms with van der Waals surface area (Å²) in [6, 6.07) is 0. The quantitative estimate of drug-likeness (QED) is 0.587. The van der Waals surface area contributed by atoms with Gasteiger partial charge < -0.3 is 0 Å². The van der Waals surface area contributed by atoms with Crippen molar-refractivity contribution in [1.82, 2.24) is 0 Å². The van der Waals surface area contributed by atoms with Gasteiger partial charge >= 0.3 is 0 Å². The second-order valence-corrected chi connectivity index (χ2v) is 6.07. The SMILES string of the molecule is CC(C)(C)CC1CC=CC2=C1CC=CC=C2. The molecule has 0 heterocycles. The van der Waals surface area contributed by atoms with Crippen LogP contribution >= 0.6 is 0 Å². The Hall–Kier alpha value is -1.04. The third-order valence-electron chi connectivity index (χ3n) is 3.30. The topological polar surface area (TPSA) is 0 Å². The lowest BCUT2D eigenvalue weighted by Gasteiger charge is -2.30. The van der Waals surface area contributed by atoms with Crippen molar-refractivity contribution in [1.29, 1.82) is 0 Å². The second kappa shape index (κ2) is 4.45. The first-order valence-corrected chi connectivity index (χ1v) is 6.29. The van der Waals surface area contributed by atoms with Gasteiger partial charge in [0.15, 0.2) is 0 Å². The molecule has 0 heteroatoms. The minimum Gasteiger partial charge on any atom is -0.0833 e. The van der Waals surface area contributed by atoms with Crippen molar-refractivity contribution < 1.29 is 0 Å². The standard InChI is InChI=1S/C16H22/c1-16(2,3)12-14-10-7-9-13-8-5-4-6-11-15(13)14/h4-9,14H,10-12H2,1-3H3. The zero-order chi connectivity index (χ0) is 11.6. The van der Waals surface area contributed by atoms with E-state index in [1.807, 2.05) is 0 Å². The van der Waals surface area contributed by atoms with Crippen LogP contribution in [0.1, 0.15) is 40.0 Å². The summed E-state index contributed by atoms with van der Waals surface area (Å²) in [5.74, 6) is 0.743. The lowest BCUT2D eigenvalue weighted by atomic mass is 9.75. The number of rotatable bonds is 1. The largest absolute Gasteiger partial charge is 0.0833 e. The van der Waals surface area contributed by atoms with Gasteiger partial charge in [-0.1, -0.05) is 62.8 Å². The van der Waals surface area contributed by atoms with E-state index in [4.69, 9.17) is 0 Å². The van der Waals surface area contributed by atoms with E-state index in [-0.39, 0.29) is 0 Å². The summed E-state index contributed by atoms with van der Waals surface area (Å²) in [6.07, 6.45) is 17.1. The minimum absolute atomic E-state index is 0.424. The molecule has 16 heavy (non-hydrogen) atoms. The van der Waals surface area contributed by atoms with E-state index in [9.17, 15) is 0 Å². The van der Waals surface area contributed by atoms with Crippen molar-refractivity contribution in [3.05, 3.63) is 47.6 Å². The van der Waals surface area contributed by atoms with E-state index >= 15 is 0 Å². The number of hydrogen-bond donors (Lipinski definition) is 0. The van der Waals surface area contributed by atoms with E-state index in [0.29, 0.717) is 5.41 Å². The fourth-order valence-corrected chi connectivity index (χ4v) is 2.67. The van der Waals surface area contributed by atoms with Crippen LogP contribution in [0.4, 0.5) is 0 Å². The second-order valence-electron chi connectivity index (χ2n) is 6.07. The Bertz CT molecular complexity index is 369. The van der Waals surface area contributed by atoms with Gasteiger partial charge in [-0.05, 0) is 36.2 Å². The molecule has 1 unspecified atom stereocenters. The van der Waals surface area contributed by atoms with Crippen molar-refractivity contribution in [2.45, 2.75) is 40.0 Å². The molecule has 2 aliphatic carbocycles. The molecular weight excluding hydrogens is 192 g/mol. The predicted molar refractivity (Wildman–Crippen MR) is 71.2 cm³/mol. The summed E-state index contributed by atoms with van der Waals surface area (Å²) in [6.45, 7) is 7.02. The number of allylic oxidation sites excluding steroid dienone is 8. The van der Waals surface area contributed by atoms with Gasteiger partial charge in [0.05, 0.1) is 0 Å². The van der Waals surface area contributed by atoms with Crippen LogP contribution in [0.25, 0.3) is 0 Å². The molecule has 0 N–H and O–H groups in total. The smallest absolute Gasteiger partial charge is 0.0124 e. The van der Waals surface area contributed by atoms with Gasteiger partial charge in [0.25, 0.3) is 0 Å². The van der Waals surface area contributed by atoms with Gasteiger partial charge in [0.1, 0.15) is 0 Å². The molecule has 0 fully saturated rings. The van der Waals surface area contributed by atoms with Crippen LogP contribution < -0.4 is 0 Å². The first-order valence-electron chi connectivity index (χ1n) is 6.29. The van der Waals surface area contributed by atoms with Crippen molar-refractivity contribution >= 4 is 0 Å². The monoisotopic (exact) mass is 214 g/mol. The minimum atomic E-state index is 0.424. The molecule has 2 aliphatic rings. The van der Waals surface area contributed by atoms with Gasteiger partial charge in [-0.2, -0.15) is 0 Å². The van der Waals surface area contributed by atoms with Crippen molar-refractivity contribution in [3.8, 4) is 0 Å². The lowest BCUT2D eigenvalue weighted by molar-refractivity contribution is 0.315. The third kappa shape index (κ3) is 2.75. The molecule has 0 bridgehead atoms. The summed E-state index contributed by atoms with van der Waals surface area (Å²) in [7, 11) is 0. The molecule has 0 amide bonds. The first kappa shape index (κ1) is 11.4. The molecular formula is C16H22. The van der Waals surface area contributed by atoms with Crippen LogP contribution in [0.15, 0.2) is 47.6 Å². The van der Waals surface area contributed by atoms with Crippen LogP contribution in [0.5, 0.6) is 0 Å². The third-order valence-corrected chi connectivity index (χ3v) is 3.30. The van der Waals surface area contributed by atoms with Crippen LogP contribution in [0, 0.1) is 11.3 Å².